The first-order chi connectivity index (χ1) is 13.9. The third-order valence-corrected chi connectivity index (χ3v) is 10.0. The van der Waals surface area contributed by atoms with E-state index in [0.717, 1.165) is 6.16 Å². The monoisotopic (exact) mass is 382 g/mol. The van der Waals surface area contributed by atoms with Crippen LogP contribution >= 0.6 is 7.26 Å². The maximum absolute atomic E-state index is 3.00. The molecule has 0 fully saturated rings. The van der Waals surface area contributed by atoms with E-state index in [4.69, 9.17) is 0 Å². The first-order valence-corrected chi connectivity index (χ1v) is 11.8. The Hall–Kier alpha value is -2.95. The van der Waals surface area contributed by atoms with Gasteiger partial charge in [-0.3, -0.25) is 0 Å². The fourth-order valence-electron chi connectivity index (χ4n) is 3.88. The van der Waals surface area contributed by atoms with Crippen molar-refractivity contribution in [2.24, 2.45) is 0 Å². The molecule has 0 aliphatic heterocycles. The minimum absolute atomic E-state index is 1.06. The van der Waals surface area contributed by atoms with Crippen LogP contribution in [0.5, 0.6) is 0 Å². The summed E-state index contributed by atoms with van der Waals surface area (Å²) in [7, 11) is -2.16. The average molecular weight is 382 g/mol. The summed E-state index contributed by atoms with van der Waals surface area (Å²) in [4.78, 5) is 0. The van der Waals surface area contributed by atoms with Gasteiger partial charge in [-0.25, -0.2) is 0 Å². The second-order valence-corrected chi connectivity index (χ2v) is 10.6. The molecule has 0 amide bonds. The van der Waals surface area contributed by atoms with E-state index >= 15 is 0 Å². The standard InChI is InChI=1S/C25H23P.C2H4/c1-5-13-22(14-6-1)21-26(23-15-7-2-8-16-23,24-17-9-3-10-18-24)25-19-11-4-12-20-25;1-2/h1-20,26H,21H2;1-2H2. The van der Waals surface area contributed by atoms with Crippen LogP contribution in [0.15, 0.2) is 134 Å². The van der Waals surface area contributed by atoms with E-state index in [9.17, 15) is 0 Å². The van der Waals surface area contributed by atoms with E-state index in [0.29, 0.717) is 0 Å². The van der Waals surface area contributed by atoms with Crippen molar-refractivity contribution in [3.63, 3.8) is 0 Å². The maximum atomic E-state index is 3.00. The van der Waals surface area contributed by atoms with Gasteiger partial charge in [0.1, 0.15) is 0 Å². The fourth-order valence-corrected chi connectivity index (χ4v) is 8.62. The van der Waals surface area contributed by atoms with E-state index in [1.165, 1.54) is 21.5 Å². The van der Waals surface area contributed by atoms with Gasteiger partial charge < -0.3 is 0 Å². The summed E-state index contributed by atoms with van der Waals surface area (Å²) >= 11 is 0. The molecule has 4 aromatic carbocycles. The first kappa shape index (κ1) is 19.8. The van der Waals surface area contributed by atoms with Crippen LogP contribution in [-0.4, -0.2) is 0 Å². The number of hydrogen-bond donors (Lipinski definition) is 0. The van der Waals surface area contributed by atoms with Crippen LogP contribution in [0.25, 0.3) is 0 Å². The SMILES string of the molecule is C=C.c1ccc(C[PH](c2ccccc2)(c2ccccc2)c2ccccc2)cc1. The van der Waals surface area contributed by atoms with E-state index in [2.05, 4.69) is 134 Å². The van der Waals surface area contributed by atoms with Gasteiger partial charge in [0.05, 0.1) is 0 Å². The van der Waals surface area contributed by atoms with Gasteiger partial charge in [0, 0.05) is 0 Å². The first-order valence-electron chi connectivity index (χ1n) is 9.60. The Bertz CT molecular complexity index is 851. The van der Waals surface area contributed by atoms with Gasteiger partial charge in [-0.05, 0) is 0 Å². The summed E-state index contributed by atoms with van der Waals surface area (Å²) in [6, 6.07) is 44.2. The normalized spacial score (nSPS) is 11.1. The van der Waals surface area contributed by atoms with Crippen LogP contribution in [0.4, 0.5) is 0 Å². The molecular formula is C27H27P. The Morgan fingerprint density at radius 1 is 0.429 bits per heavy atom. The third kappa shape index (κ3) is 4.14. The van der Waals surface area contributed by atoms with Crippen molar-refractivity contribution in [2.45, 2.75) is 6.16 Å². The van der Waals surface area contributed by atoms with Crippen molar-refractivity contribution in [2.75, 3.05) is 0 Å². The Balaban J connectivity index is 0.00000109. The van der Waals surface area contributed by atoms with Crippen LogP contribution in [0.3, 0.4) is 0 Å². The van der Waals surface area contributed by atoms with Crippen molar-refractivity contribution in [1.82, 2.24) is 0 Å². The average Bonchev–Trinajstić information content (AvgIpc) is 2.81. The molecule has 0 atom stereocenters. The molecule has 0 spiro atoms. The number of benzene rings is 4. The van der Waals surface area contributed by atoms with Crippen molar-refractivity contribution in [3.05, 3.63) is 140 Å². The van der Waals surface area contributed by atoms with Gasteiger partial charge in [0.25, 0.3) is 0 Å². The molecule has 0 heterocycles. The quantitative estimate of drug-likeness (QED) is 0.306. The minimum atomic E-state index is -2.16. The molecule has 0 unspecified atom stereocenters. The Kier molecular flexibility index (Phi) is 6.95. The molecular weight excluding hydrogens is 355 g/mol. The van der Waals surface area contributed by atoms with Gasteiger partial charge >= 0.3 is 156 Å². The summed E-state index contributed by atoms with van der Waals surface area (Å²) in [6.45, 7) is 6.00. The Morgan fingerprint density at radius 2 is 0.714 bits per heavy atom. The number of hydrogen-bond acceptors (Lipinski definition) is 0. The topological polar surface area (TPSA) is 0 Å². The molecule has 0 saturated heterocycles. The molecule has 140 valence electrons. The second-order valence-electron chi connectivity index (χ2n) is 6.67. The zero-order valence-electron chi connectivity index (χ0n) is 16.2. The molecule has 0 radical (unpaired) electrons. The van der Waals surface area contributed by atoms with Gasteiger partial charge in [-0.2, -0.15) is 0 Å². The molecule has 4 rings (SSSR count). The molecule has 0 nitrogen and oxygen atoms in total. The molecule has 28 heavy (non-hydrogen) atoms. The molecule has 0 saturated carbocycles. The Labute approximate surface area is 169 Å². The zero-order chi connectivity index (χ0) is 19.7. The molecule has 0 aliphatic rings. The van der Waals surface area contributed by atoms with E-state index in [1.54, 1.807) is 0 Å². The van der Waals surface area contributed by atoms with Crippen LogP contribution in [0.2, 0.25) is 0 Å². The molecule has 1 heteroatoms. The van der Waals surface area contributed by atoms with Crippen LogP contribution in [0, 0.1) is 0 Å². The van der Waals surface area contributed by atoms with E-state index < -0.39 is 7.26 Å². The summed E-state index contributed by atoms with van der Waals surface area (Å²) in [5, 5.41) is 4.38. The second kappa shape index (κ2) is 9.83. The predicted molar refractivity (Wildman–Crippen MR) is 128 cm³/mol. The van der Waals surface area contributed by atoms with Crippen molar-refractivity contribution in [3.8, 4) is 0 Å². The summed E-state index contributed by atoms with van der Waals surface area (Å²) in [6.07, 6.45) is 1.06. The van der Waals surface area contributed by atoms with Gasteiger partial charge in [0.15, 0.2) is 0 Å². The zero-order valence-corrected chi connectivity index (χ0v) is 17.2. The molecule has 0 aromatic heterocycles. The number of rotatable bonds is 5. The van der Waals surface area contributed by atoms with Gasteiger partial charge in [-0.15, -0.1) is 13.2 Å². The van der Waals surface area contributed by atoms with E-state index in [-0.39, 0.29) is 0 Å². The summed E-state index contributed by atoms with van der Waals surface area (Å²) in [5.74, 6) is 0. The third-order valence-electron chi connectivity index (χ3n) is 5.11. The molecule has 0 N–H and O–H groups in total. The van der Waals surface area contributed by atoms with Crippen LogP contribution in [-0.2, 0) is 6.16 Å². The van der Waals surface area contributed by atoms with E-state index in [1.807, 2.05) is 0 Å². The van der Waals surface area contributed by atoms with Crippen molar-refractivity contribution >= 4 is 23.2 Å². The fraction of sp³-hybridized carbons (Fsp3) is 0.0370. The van der Waals surface area contributed by atoms with Crippen LogP contribution < -0.4 is 15.9 Å². The summed E-state index contributed by atoms with van der Waals surface area (Å²) in [5.41, 5.74) is 1.40. The van der Waals surface area contributed by atoms with Crippen LogP contribution in [0.1, 0.15) is 5.56 Å². The van der Waals surface area contributed by atoms with Gasteiger partial charge in [-0.1, -0.05) is 0 Å². The molecule has 0 aliphatic carbocycles. The van der Waals surface area contributed by atoms with Gasteiger partial charge in [0.2, 0.25) is 0 Å². The molecule has 4 aromatic rings. The molecule has 0 bridgehead atoms. The summed E-state index contributed by atoms with van der Waals surface area (Å²) < 4.78 is 0. The Morgan fingerprint density at radius 3 is 1.04 bits per heavy atom. The van der Waals surface area contributed by atoms with Crippen molar-refractivity contribution < 1.29 is 0 Å². The van der Waals surface area contributed by atoms with Crippen molar-refractivity contribution in [1.29, 1.82) is 0 Å². The predicted octanol–water partition coefficient (Wildman–Crippen LogP) is 5.72.